The molecule has 0 spiro atoms. The Labute approximate surface area is 277 Å². The van der Waals surface area contributed by atoms with Crippen LogP contribution < -0.4 is 0 Å². The minimum Gasteiger partial charge on any atom is -0.414 e. The summed E-state index contributed by atoms with van der Waals surface area (Å²) in [4.78, 5) is 0. The highest BCUT2D eigenvalue weighted by atomic mass is 28.4. The highest BCUT2D eigenvalue weighted by molar-refractivity contribution is 6.74. The molecular formula is C34H72O10Si. The molecule has 0 bridgehead atoms. The average Bonchev–Trinajstić information content (AvgIpc) is 3.00. The predicted molar refractivity (Wildman–Crippen MR) is 183 cm³/mol. The first kappa shape index (κ1) is 44.8. The lowest BCUT2D eigenvalue weighted by Gasteiger charge is -2.36. The maximum Gasteiger partial charge on any atom is 0.192 e. The van der Waals surface area contributed by atoms with Gasteiger partial charge in [0.1, 0.15) is 0 Å². The largest absolute Gasteiger partial charge is 0.414 e. The van der Waals surface area contributed by atoms with E-state index in [2.05, 4.69) is 40.8 Å². The van der Waals surface area contributed by atoms with E-state index in [0.717, 1.165) is 13.0 Å². The maximum absolute atomic E-state index is 6.08. The van der Waals surface area contributed by atoms with Gasteiger partial charge in [-0.2, -0.15) is 0 Å². The lowest BCUT2D eigenvalue weighted by Crippen LogP contribution is -2.41. The Morgan fingerprint density at radius 2 is 0.578 bits per heavy atom. The first-order valence-corrected chi connectivity index (χ1v) is 20.6. The Balaban J connectivity index is 3.11. The van der Waals surface area contributed by atoms with E-state index in [-0.39, 0.29) is 5.04 Å². The highest BCUT2D eigenvalue weighted by Gasteiger charge is 2.36. The van der Waals surface area contributed by atoms with Crippen LogP contribution in [0.2, 0.25) is 18.1 Å². The Bertz CT molecular complexity index is 578. The van der Waals surface area contributed by atoms with Crippen molar-refractivity contribution >= 4 is 8.32 Å². The molecule has 272 valence electrons. The van der Waals surface area contributed by atoms with Crippen LogP contribution in [0.25, 0.3) is 0 Å². The van der Waals surface area contributed by atoms with Gasteiger partial charge in [-0.15, -0.1) is 0 Å². The first-order valence-electron chi connectivity index (χ1n) is 17.6. The van der Waals surface area contributed by atoms with Crippen molar-refractivity contribution in [3.8, 4) is 0 Å². The van der Waals surface area contributed by atoms with Crippen LogP contribution in [0, 0.1) is 0 Å². The van der Waals surface area contributed by atoms with Crippen molar-refractivity contribution in [3.05, 3.63) is 0 Å². The van der Waals surface area contributed by atoms with E-state index >= 15 is 0 Å². The van der Waals surface area contributed by atoms with Crippen LogP contribution in [0.1, 0.15) is 79.1 Å². The first-order chi connectivity index (χ1) is 21.8. The number of unbranched alkanes of at least 4 members (excludes halogenated alkanes) is 7. The van der Waals surface area contributed by atoms with Gasteiger partial charge in [-0.05, 0) is 24.6 Å². The molecule has 0 heterocycles. The molecule has 0 atom stereocenters. The average molecular weight is 669 g/mol. The molecule has 0 amide bonds. The second kappa shape index (κ2) is 33.7. The summed E-state index contributed by atoms with van der Waals surface area (Å²) in [5.74, 6) is 0. The van der Waals surface area contributed by atoms with Gasteiger partial charge in [0.25, 0.3) is 0 Å². The zero-order valence-corrected chi connectivity index (χ0v) is 31.2. The molecule has 11 heteroatoms. The third kappa shape index (κ3) is 33.5. The van der Waals surface area contributed by atoms with E-state index in [4.69, 9.17) is 47.1 Å². The fourth-order valence-corrected chi connectivity index (χ4v) is 4.80. The second-order valence-corrected chi connectivity index (χ2v) is 17.4. The fourth-order valence-electron chi connectivity index (χ4n) is 3.77. The van der Waals surface area contributed by atoms with Gasteiger partial charge in [-0.25, -0.2) is 0 Å². The highest BCUT2D eigenvalue weighted by Crippen LogP contribution is 2.36. The van der Waals surface area contributed by atoms with E-state index in [9.17, 15) is 0 Å². The Morgan fingerprint density at radius 1 is 0.333 bits per heavy atom. The van der Waals surface area contributed by atoms with Crippen LogP contribution in [0.4, 0.5) is 0 Å². The third-order valence-corrected chi connectivity index (χ3v) is 12.2. The quantitative estimate of drug-likeness (QED) is 0.0555. The molecule has 0 fully saturated rings. The number of rotatable bonds is 37. The smallest absolute Gasteiger partial charge is 0.192 e. The number of ether oxygens (including phenoxy) is 9. The second-order valence-electron chi connectivity index (χ2n) is 12.6. The lowest BCUT2D eigenvalue weighted by molar-refractivity contribution is -0.0255. The van der Waals surface area contributed by atoms with Crippen LogP contribution in [-0.4, -0.2) is 134 Å². The monoisotopic (exact) mass is 668 g/mol. The van der Waals surface area contributed by atoms with Gasteiger partial charge in [-0.3, -0.25) is 0 Å². The molecule has 0 aliphatic carbocycles. The molecular weight excluding hydrogens is 596 g/mol. The van der Waals surface area contributed by atoms with Crippen molar-refractivity contribution in [2.45, 2.75) is 97.2 Å². The van der Waals surface area contributed by atoms with Gasteiger partial charge >= 0.3 is 0 Å². The maximum atomic E-state index is 6.08. The van der Waals surface area contributed by atoms with Gasteiger partial charge < -0.3 is 47.1 Å². The molecule has 0 radical (unpaired) electrons. The number of hydrogen-bond donors (Lipinski definition) is 0. The molecule has 0 aromatic rings. The van der Waals surface area contributed by atoms with Crippen molar-refractivity contribution in [2.24, 2.45) is 0 Å². The van der Waals surface area contributed by atoms with Crippen LogP contribution in [0.15, 0.2) is 0 Å². The van der Waals surface area contributed by atoms with Crippen LogP contribution in [0.5, 0.6) is 0 Å². The summed E-state index contributed by atoms with van der Waals surface area (Å²) in [7, 11) is -1.69. The molecule has 0 aromatic heterocycles. The van der Waals surface area contributed by atoms with Crippen molar-refractivity contribution in [1.82, 2.24) is 0 Å². The summed E-state index contributed by atoms with van der Waals surface area (Å²) < 4.78 is 55.9. The standard InChI is InChI=1S/C34H72O10Si/c1-7-8-9-10-11-12-13-14-15-35-16-17-36-18-19-37-20-21-38-22-23-39-24-25-40-26-27-41-28-29-42-30-31-43-32-33-44-45(5,6)34(2,3)4/h7-33H2,1-6H3. The Morgan fingerprint density at radius 3 is 0.867 bits per heavy atom. The normalized spacial score (nSPS) is 12.4. The Kier molecular flexibility index (Phi) is 33.6. The molecule has 0 rings (SSSR count). The van der Waals surface area contributed by atoms with Crippen molar-refractivity contribution in [1.29, 1.82) is 0 Å². The van der Waals surface area contributed by atoms with Crippen LogP contribution in [0.3, 0.4) is 0 Å². The molecule has 0 N–H and O–H groups in total. The van der Waals surface area contributed by atoms with E-state index in [0.29, 0.717) is 119 Å². The van der Waals surface area contributed by atoms with E-state index in [1.54, 1.807) is 0 Å². The van der Waals surface area contributed by atoms with Gasteiger partial charge in [0.05, 0.1) is 119 Å². The minimum absolute atomic E-state index is 0.222. The molecule has 0 saturated heterocycles. The predicted octanol–water partition coefficient (Wildman–Crippen LogP) is 6.30. The van der Waals surface area contributed by atoms with E-state index < -0.39 is 8.32 Å². The Hall–Kier alpha value is -0.183. The van der Waals surface area contributed by atoms with Crippen molar-refractivity contribution in [2.75, 3.05) is 126 Å². The van der Waals surface area contributed by atoms with Crippen molar-refractivity contribution in [3.63, 3.8) is 0 Å². The zero-order chi connectivity index (χ0) is 33.2. The van der Waals surface area contributed by atoms with Gasteiger partial charge in [0, 0.05) is 6.61 Å². The summed E-state index contributed by atoms with van der Waals surface area (Å²) in [5, 5.41) is 0.222. The van der Waals surface area contributed by atoms with E-state index in [1.807, 2.05) is 0 Å². The van der Waals surface area contributed by atoms with Gasteiger partial charge in [-0.1, -0.05) is 72.6 Å². The molecule has 0 aromatic carbocycles. The summed E-state index contributed by atoms with van der Waals surface area (Å²) in [6, 6.07) is 0. The minimum atomic E-state index is -1.69. The molecule has 0 aliphatic rings. The molecule has 0 aliphatic heterocycles. The van der Waals surface area contributed by atoms with Gasteiger partial charge in [0.15, 0.2) is 8.32 Å². The van der Waals surface area contributed by atoms with Crippen molar-refractivity contribution < 1.29 is 47.1 Å². The summed E-state index contributed by atoms with van der Waals surface area (Å²) in [6.07, 6.45) is 10.6. The van der Waals surface area contributed by atoms with Crippen LogP contribution >= 0.6 is 0 Å². The molecule has 10 nitrogen and oxygen atoms in total. The molecule has 0 unspecified atom stereocenters. The summed E-state index contributed by atoms with van der Waals surface area (Å²) in [6.45, 7) is 24.5. The number of hydrogen-bond acceptors (Lipinski definition) is 10. The molecule has 0 saturated carbocycles. The molecule has 45 heavy (non-hydrogen) atoms. The third-order valence-electron chi connectivity index (χ3n) is 7.62. The fraction of sp³-hybridized carbons (Fsp3) is 1.00. The summed E-state index contributed by atoms with van der Waals surface area (Å²) >= 11 is 0. The zero-order valence-electron chi connectivity index (χ0n) is 30.2. The van der Waals surface area contributed by atoms with Crippen LogP contribution in [-0.2, 0) is 47.1 Å². The SMILES string of the molecule is CCCCCCCCCCOCCOCCOCCOCCOCCOCCOCCOCCOCCO[Si](C)(C)C(C)(C)C. The lowest BCUT2D eigenvalue weighted by atomic mass is 10.1. The van der Waals surface area contributed by atoms with E-state index in [1.165, 1.54) is 44.9 Å². The summed E-state index contributed by atoms with van der Waals surface area (Å²) in [5.41, 5.74) is 0. The topological polar surface area (TPSA) is 92.3 Å². The van der Waals surface area contributed by atoms with Gasteiger partial charge in [0.2, 0.25) is 0 Å².